The topological polar surface area (TPSA) is 48.1 Å². The summed E-state index contributed by atoms with van der Waals surface area (Å²) in [5.41, 5.74) is 7.62. The lowest BCUT2D eigenvalue weighted by Crippen LogP contribution is -1.96. The molecule has 0 saturated carbocycles. The summed E-state index contributed by atoms with van der Waals surface area (Å²) in [6.45, 7) is 0. The van der Waals surface area contributed by atoms with E-state index in [4.69, 9.17) is 45.3 Å². The van der Waals surface area contributed by atoms with Crippen molar-refractivity contribution < 1.29 is 4.74 Å². The smallest absolute Gasteiger partial charge is 0.236 e. The minimum Gasteiger partial charge on any atom is -0.480 e. The van der Waals surface area contributed by atoms with Crippen LogP contribution in [0.2, 0.25) is 15.1 Å². The van der Waals surface area contributed by atoms with E-state index in [9.17, 15) is 0 Å². The molecule has 0 aliphatic carbocycles. The quantitative estimate of drug-likeness (QED) is 0.841. The first-order chi connectivity index (χ1) is 8.52. The standard InChI is InChI=1S/C12H9Cl3N2O/c1-18-12-10(16)2-6(5-17-12)8-3-7(13)4-9(14)11(8)15/h2-5H,16H2,1H3. The van der Waals surface area contributed by atoms with Crippen LogP contribution in [0.1, 0.15) is 0 Å². The van der Waals surface area contributed by atoms with Gasteiger partial charge in [0.25, 0.3) is 0 Å². The minimum atomic E-state index is 0.364. The molecule has 94 valence electrons. The predicted molar refractivity (Wildman–Crippen MR) is 75.7 cm³/mol. The van der Waals surface area contributed by atoms with Crippen LogP contribution in [0.4, 0.5) is 5.69 Å². The molecule has 1 heterocycles. The van der Waals surface area contributed by atoms with Gasteiger partial charge in [-0.2, -0.15) is 0 Å². The largest absolute Gasteiger partial charge is 0.480 e. The van der Waals surface area contributed by atoms with Crippen molar-refractivity contribution in [1.29, 1.82) is 0 Å². The van der Waals surface area contributed by atoms with Gasteiger partial charge in [-0.1, -0.05) is 34.8 Å². The fourth-order valence-corrected chi connectivity index (χ4v) is 2.26. The highest BCUT2D eigenvalue weighted by Crippen LogP contribution is 2.37. The first kappa shape index (κ1) is 13.3. The van der Waals surface area contributed by atoms with Gasteiger partial charge in [0, 0.05) is 22.3 Å². The lowest BCUT2D eigenvalue weighted by molar-refractivity contribution is 0.400. The van der Waals surface area contributed by atoms with E-state index in [1.54, 1.807) is 24.4 Å². The zero-order valence-electron chi connectivity index (χ0n) is 9.38. The molecule has 1 aromatic carbocycles. The molecule has 2 aromatic rings. The van der Waals surface area contributed by atoms with Gasteiger partial charge in [-0.25, -0.2) is 4.98 Å². The highest BCUT2D eigenvalue weighted by atomic mass is 35.5. The van der Waals surface area contributed by atoms with Gasteiger partial charge < -0.3 is 10.5 Å². The molecular weight excluding hydrogens is 295 g/mol. The average molecular weight is 304 g/mol. The maximum atomic E-state index is 6.14. The van der Waals surface area contributed by atoms with Gasteiger partial charge in [0.2, 0.25) is 5.88 Å². The molecule has 0 spiro atoms. The van der Waals surface area contributed by atoms with Gasteiger partial charge in [-0.15, -0.1) is 0 Å². The Morgan fingerprint density at radius 2 is 1.89 bits per heavy atom. The SMILES string of the molecule is COc1ncc(-c2cc(Cl)cc(Cl)c2Cl)cc1N. The second-order valence-corrected chi connectivity index (χ2v) is 4.79. The molecule has 0 radical (unpaired) electrons. The van der Waals surface area contributed by atoms with Gasteiger partial charge >= 0.3 is 0 Å². The molecule has 0 bridgehead atoms. The molecule has 0 fully saturated rings. The molecule has 3 nitrogen and oxygen atoms in total. The van der Waals surface area contributed by atoms with Crippen molar-refractivity contribution in [3.63, 3.8) is 0 Å². The van der Waals surface area contributed by atoms with Crippen molar-refractivity contribution in [2.24, 2.45) is 0 Å². The van der Waals surface area contributed by atoms with E-state index < -0.39 is 0 Å². The third-order valence-corrected chi connectivity index (χ3v) is 3.40. The molecule has 2 N–H and O–H groups in total. The van der Waals surface area contributed by atoms with Gasteiger partial charge in [0.05, 0.1) is 22.8 Å². The third-order valence-electron chi connectivity index (χ3n) is 2.38. The zero-order valence-corrected chi connectivity index (χ0v) is 11.6. The van der Waals surface area contributed by atoms with E-state index in [1.165, 1.54) is 7.11 Å². The maximum Gasteiger partial charge on any atom is 0.236 e. The Morgan fingerprint density at radius 1 is 1.17 bits per heavy atom. The normalized spacial score (nSPS) is 10.4. The Morgan fingerprint density at radius 3 is 2.50 bits per heavy atom. The highest BCUT2D eigenvalue weighted by Gasteiger charge is 2.11. The van der Waals surface area contributed by atoms with Crippen LogP contribution in [0.15, 0.2) is 24.4 Å². The van der Waals surface area contributed by atoms with Crippen LogP contribution in [0, 0.1) is 0 Å². The molecule has 0 amide bonds. The van der Waals surface area contributed by atoms with E-state index in [-0.39, 0.29) is 0 Å². The molecule has 0 atom stereocenters. The number of hydrogen-bond donors (Lipinski definition) is 1. The molecule has 0 unspecified atom stereocenters. The number of methoxy groups -OCH3 is 1. The van der Waals surface area contributed by atoms with Crippen molar-refractivity contribution >= 4 is 40.5 Å². The number of rotatable bonds is 2. The molecule has 0 aliphatic heterocycles. The monoisotopic (exact) mass is 302 g/mol. The number of nitrogen functional groups attached to an aromatic ring is 1. The number of nitrogens with zero attached hydrogens (tertiary/aromatic N) is 1. The summed E-state index contributed by atoms with van der Waals surface area (Å²) in [7, 11) is 1.50. The summed E-state index contributed by atoms with van der Waals surface area (Å²) >= 11 is 18.1. The predicted octanol–water partition coefficient (Wildman–Crippen LogP) is 4.30. The number of halogens is 3. The summed E-state index contributed by atoms with van der Waals surface area (Å²) in [6, 6.07) is 4.99. The van der Waals surface area contributed by atoms with Crippen LogP contribution in [0.3, 0.4) is 0 Å². The van der Waals surface area contributed by atoms with Crippen molar-refractivity contribution in [3.8, 4) is 17.0 Å². The third kappa shape index (κ3) is 2.48. The number of benzene rings is 1. The van der Waals surface area contributed by atoms with Crippen LogP contribution < -0.4 is 10.5 Å². The lowest BCUT2D eigenvalue weighted by Gasteiger charge is -2.09. The summed E-state index contributed by atoms with van der Waals surface area (Å²) in [6.07, 6.45) is 1.60. The maximum absolute atomic E-state index is 6.14. The summed E-state index contributed by atoms with van der Waals surface area (Å²) < 4.78 is 4.99. The lowest BCUT2D eigenvalue weighted by atomic mass is 10.1. The molecule has 6 heteroatoms. The van der Waals surface area contributed by atoms with Crippen LogP contribution in [0.5, 0.6) is 5.88 Å². The molecule has 0 aliphatic rings. The van der Waals surface area contributed by atoms with Gasteiger partial charge in [-0.05, 0) is 18.2 Å². The summed E-state index contributed by atoms with van der Waals surface area (Å²) in [5, 5.41) is 1.29. The van der Waals surface area contributed by atoms with E-state index in [0.717, 1.165) is 5.56 Å². The van der Waals surface area contributed by atoms with Crippen LogP contribution >= 0.6 is 34.8 Å². The van der Waals surface area contributed by atoms with E-state index >= 15 is 0 Å². The Kier molecular flexibility index (Phi) is 3.85. The van der Waals surface area contributed by atoms with Crippen LogP contribution in [0.25, 0.3) is 11.1 Å². The Balaban J connectivity index is 2.58. The van der Waals surface area contributed by atoms with Gasteiger partial charge in [-0.3, -0.25) is 0 Å². The Hall–Kier alpha value is -1.16. The fourth-order valence-electron chi connectivity index (χ4n) is 1.55. The number of ether oxygens (including phenoxy) is 1. The molecule has 1 aromatic heterocycles. The number of nitrogens with two attached hydrogens (primary N) is 1. The average Bonchev–Trinajstić information content (AvgIpc) is 2.33. The van der Waals surface area contributed by atoms with E-state index in [0.29, 0.717) is 32.2 Å². The van der Waals surface area contributed by atoms with Gasteiger partial charge in [0.15, 0.2) is 0 Å². The Bertz CT molecular complexity index is 602. The van der Waals surface area contributed by atoms with E-state index in [1.807, 2.05) is 0 Å². The van der Waals surface area contributed by atoms with Crippen molar-refractivity contribution in [2.45, 2.75) is 0 Å². The van der Waals surface area contributed by atoms with Crippen molar-refractivity contribution in [1.82, 2.24) is 4.98 Å². The highest BCUT2D eigenvalue weighted by molar-refractivity contribution is 6.45. The second kappa shape index (κ2) is 5.22. The number of hydrogen-bond acceptors (Lipinski definition) is 3. The first-order valence-corrected chi connectivity index (χ1v) is 6.10. The summed E-state index contributed by atoms with van der Waals surface area (Å²) in [5.74, 6) is 0.364. The number of anilines is 1. The molecular formula is C12H9Cl3N2O. The minimum absolute atomic E-state index is 0.364. The summed E-state index contributed by atoms with van der Waals surface area (Å²) in [4.78, 5) is 4.08. The second-order valence-electron chi connectivity index (χ2n) is 3.57. The van der Waals surface area contributed by atoms with Crippen LogP contribution in [-0.4, -0.2) is 12.1 Å². The molecule has 0 saturated heterocycles. The first-order valence-electron chi connectivity index (χ1n) is 4.97. The zero-order chi connectivity index (χ0) is 13.3. The van der Waals surface area contributed by atoms with Crippen molar-refractivity contribution in [2.75, 3.05) is 12.8 Å². The Labute approximate surface area is 119 Å². The van der Waals surface area contributed by atoms with Crippen LogP contribution in [-0.2, 0) is 0 Å². The molecule has 2 rings (SSSR count). The number of pyridine rings is 1. The number of aromatic nitrogens is 1. The van der Waals surface area contributed by atoms with E-state index in [2.05, 4.69) is 4.98 Å². The molecule has 18 heavy (non-hydrogen) atoms. The van der Waals surface area contributed by atoms with Crippen molar-refractivity contribution in [3.05, 3.63) is 39.5 Å². The van der Waals surface area contributed by atoms with Gasteiger partial charge in [0.1, 0.15) is 0 Å². The fraction of sp³-hybridized carbons (Fsp3) is 0.0833.